The second kappa shape index (κ2) is 7.85. The Morgan fingerprint density at radius 2 is 1.63 bits per heavy atom. The molecule has 4 nitrogen and oxygen atoms in total. The molecular weight excluding hydrogens is 397 g/mol. The zero-order chi connectivity index (χ0) is 22.3. The van der Waals surface area contributed by atoms with Gasteiger partial charge in [0.2, 0.25) is 0 Å². The minimum absolute atomic E-state index is 0.218. The minimum atomic E-state index is -4.69. The highest BCUT2D eigenvalue weighted by atomic mass is 19.4. The van der Waals surface area contributed by atoms with Gasteiger partial charge in [0, 0.05) is 0 Å². The van der Waals surface area contributed by atoms with Crippen molar-refractivity contribution in [3.8, 4) is 11.5 Å². The van der Waals surface area contributed by atoms with Crippen LogP contribution < -0.4 is 9.47 Å². The lowest BCUT2D eigenvalue weighted by molar-refractivity contribution is -0.274. The first-order chi connectivity index (χ1) is 13.9. The third-order valence-corrected chi connectivity index (χ3v) is 5.36. The molecule has 2 unspecified atom stereocenters. The molecule has 2 atom stereocenters. The molecule has 0 aliphatic heterocycles. The molecule has 2 aromatic rings. The summed E-state index contributed by atoms with van der Waals surface area (Å²) in [5.74, 6) is 0.128. The van der Waals surface area contributed by atoms with Gasteiger partial charge in [-0.15, -0.1) is 13.2 Å². The second-order valence-corrected chi connectivity index (χ2v) is 8.40. The highest BCUT2D eigenvalue weighted by Gasteiger charge is 2.39. The number of hydrogen-bond acceptors (Lipinski definition) is 3. The zero-order valence-electron chi connectivity index (χ0n) is 17.3. The van der Waals surface area contributed by atoms with E-state index in [1.807, 2.05) is 26.0 Å². The van der Waals surface area contributed by atoms with Crippen molar-refractivity contribution in [2.45, 2.75) is 58.4 Å². The smallest absolute Gasteiger partial charge is 0.478 e. The van der Waals surface area contributed by atoms with Crippen molar-refractivity contribution in [1.29, 1.82) is 0 Å². The number of hydrogen-bond donors (Lipinski definition) is 1. The van der Waals surface area contributed by atoms with Gasteiger partial charge in [-0.3, -0.25) is 0 Å². The van der Waals surface area contributed by atoms with E-state index in [1.165, 1.54) is 31.5 Å². The van der Waals surface area contributed by atoms with Crippen molar-refractivity contribution in [2.75, 3.05) is 0 Å². The molecule has 0 spiro atoms. The summed E-state index contributed by atoms with van der Waals surface area (Å²) in [5, 5.41) is 9.30. The van der Waals surface area contributed by atoms with E-state index in [2.05, 4.69) is 4.74 Å². The van der Waals surface area contributed by atoms with E-state index in [1.54, 1.807) is 12.1 Å². The van der Waals surface area contributed by atoms with Gasteiger partial charge in [-0.25, -0.2) is 4.79 Å². The Hall–Kier alpha value is -2.70. The first-order valence-electron chi connectivity index (χ1n) is 9.74. The van der Waals surface area contributed by atoms with E-state index in [4.69, 9.17) is 4.74 Å². The maximum atomic E-state index is 12.3. The molecule has 0 bridgehead atoms. The molecular formula is C23H25F3O4. The summed E-state index contributed by atoms with van der Waals surface area (Å²) in [5.41, 5.74) is 2.60. The van der Waals surface area contributed by atoms with Gasteiger partial charge < -0.3 is 14.6 Å². The van der Waals surface area contributed by atoms with Gasteiger partial charge in [-0.05, 0) is 86.8 Å². The highest BCUT2D eigenvalue weighted by molar-refractivity contribution is 5.77. The van der Waals surface area contributed by atoms with Crippen LogP contribution in [0.3, 0.4) is 0 Å². The van der Waals surface area contributed by atoms with E-state index < -0.39 is 17.9 Å². The van der Waals surface area contributed by atoms with Crippen molar-refractivity contribution < 1.29 is 32.5 Å². The summed E-state index contributed by atoms with van der Waals surface area (Å²) in [6, 6.07) is 10.1. The minimum Gasteiger partial charge on any atom is -0.478 e. The Morgan fingerprint density at radius 1 is 1.07 bits per heavy atom. The third-order valence-electron chi connectivity index (χ3n) is 5.36. The maximum Gasteiger partial charge on any atom is 0.573 e. The van der Waals surface area contributed by atoms with E-state index in [-0.39, 0.29) is 5.75 Å². The van der Waals surface area contributed by atoms with Crippen molar-refractivity contribution >= 4 is 5.97 Å². The standard InChI is InChI=1S/C23H25F3O4/c1-13-9-16(10-14(2)20(13)30-22(3,4)21(27)28)19-12-17(19)11-15-5-7-18(8-6-15)29-23(24,25)26/h5-10,17,19H,11-12H2,1-4H3,(H,27,28). The molecule has 0 radical (unpaired) electrons. The number of ether oxygens (including phenoxy) is 2. The fourth-order valence-electron chi connectivity index (χ4n) is 3.67. The molecule has 1 aliphatic rings. The van der Waals surface area contributed by atoms with Gasteiger partial charge in [0.15, 0.2) is 5.60 Å². The predicted molar refractivity (Wildman–Crippen MR) is 106 cm³/mol. The van der Waals surface area contributed by atoms with Crippen LogP contribution in [0.5, 0.6) is 11.5 Å². The van der Waals surface area contributed by atoms with Gasteiger partial charge in [0.1, 0.15) is 11.5 Å². The molecule has 1 aliphatic carbocycles. The van der Waals surface area contributed by atoms with Crippen LogP contribution in [0.4, 0.5) is 13.2 Å². The lowest BCUT2D eigenvalue weighted by Crippen LogP contribution is -2.38. The molecule has 1 fully saturated rings. The van der Waals surface area contributed by atoms with E-state index in [9.17, 15) is 23.1 Å². The van der Waals surface area contributed by atoms with Crippen LogP contribution in [0.1, 0.15) is 48.4 Å². The Labute approximate surface area is 173 Å². The largest absolute Gasteiger partial charge is 0.573 e. The number of aliphatic carboxylic acids is 1. The first kappa shape index (κ1) is 22.0. The summed E-state index contributed by atoms with van der Waals surface area (Å²) >= 11 is 0. The van der Waals surface area contributed by atoms with Gasteiger partial charge >= 0.3 is 12.3 Å². The normalized spacial score (nSPS) is 18.8. The van der Waals surface area contributed by atoms with Crippen molar-refractivity contribution in [3.63, 3.8) is 0 Å². The molecule has 30 heavy (non-hydrogen) atoms. The number of carbonyl (C=O) groups is 1. The molecule has 3 rings (SSSR count). The van der Waals surface area contributed by atoms with Crippen LogP contribution in [0.15, 0.2) is 36.4 Å². The summed E-state index contributed by atoms with van der Waals surface area (Å²) in [6.45, 7) is 6.84. The van der Waals surface area contributed by atoms with Gasteiger partial charge in [0.05, 0.1) is 0 Å². The van der Waals surface area contributed by atoms with Crippen LogP contribution in [0, 0.1) is 19.8 Å². The van der Waals surface area contributed by atoms with Crippen molar-refractivity contribution in [1.82, 2.24) is 0 Å². The van der Waals surface area contributed by atoms with Gasteiger partial charge in [-0.2, -0.15) is 0 Å². The Bertz CT molecular complexity index is 909. The third kappa shape index (κ3) is 5.26. The SMILES string of the molecule is Cc1cc(C2CC2Cc2ccc(OC(F)(F)F)cc2)cc(C)c1OC(C)(C)C(=O)O. The monoisotopic (exact) mass is 422 g/mol. The van der Waals surface area contributed by atoms with E-state index in [0.29, 0.717) is 17.6 Å². The molecule has 1 saturated carbocycles. The summed E-state index contributed by atoms with van der Waals surface area (Å²) in [4.78, 5) is 11.4. The topological polar surface area (TPSA) is 55.8 Å². The Morgan fingerprint density at radius 3 is 2.13 bits per heavy atom. The molecule has 0 amide bonds. The predicted octanol–water partition coefficient (Wildman–Crippen LogP) is 5.79. The van der Waals surface area contributed by atoms with E-state index in [0.717, 1.165) is 29.5 Å². The lowest BCUT2D eigenvalue weighted by atomic mass is 9.99. The summed E-state index contributed by atoms with van der Waals surface area (Å²) in [6.07, 6.45) is -2.91. The van der Waals surface area contributed by atoms with Crippen molar-refractivity contribution in [3.05, 3.63) is 58.7 Å². The molecule has 7 heteroatoms. The van der Waals surface area contributed by atoms with Crippen LogP contribution in [-0.4, -0.2) is 23.0 Å². The summed E-state index contributed by atoms with van der Waals surface area (Å²) < 4.78 is 46.5. The fraction of sp³-hybridized carbons (Fsp3) is 0.435. The molecule has 0 saturated heterocycles. The average Bonchev–Trinajstić information content (AvgIpc) is 3.37. The first-order valence-corrected chi connectivity index (χ1v) is 9.74. The number of carboxylic acid groups (broad SMARTS) is 1. The van der Waals surface area contributed by atoms with Crippen LogP contribution in [0.2, 0.25) is 0 Å². The number of benzene rings is 2. The van der Waals surface area contributed by atoms with Gasteiger partial charge in [0.25, 0.3) is 0 Å². The molecule has 2 aromatic carbocycles. The fourth-order valence-corrected chi connectivity index (χ4v) is 3.67. The van der Waals surface area contributed by atoms with Crippen LogP contribution in [0.25, 0.3) is 0 Å². The number of carboxylic acids is 1. The number of halogens is 3. The zero-order valence-corrected chi connectivity index (χ0v) is 17.3. The summed E-state index contributed by atoms with van der Waals surface area (Å²) in [7, 11) is 0. The average molecular weight is 422 g/mol. The van der Waals surface area contributed by atoms with Crippen LogP contribution >= 0.6 is 0 Å². The van der Waals surface area contributed by atoms with Gasteiger partial charge in [-0.1, -0.05) is 24.3 Å². The Balaban J connectivity index is 1.66. The van der Waals surface area contributed by atoms with Crippen LogP contribution in [-0.2, 0) is 11.2 Å². The number of rotatable bonds is 7. The molecule has 162 valence electrons. The second-order valence-electron chi connectivity index (χ2n) is 8.40. The highest BCUT2D eigenvalue weighted by Crippen LogP contribution is 2.50. The molecule has 1 N–H and O–H groups in total. The lowest BCUT2D eigenvalue weighted by Gasteiger charge is -2.24. The molecule has 0 heterocycles. The Kier molecular flexibility index (Phi) is 5.76. The number of alkyl halides is 3. The maximum absolute atomic E-state index is 12.3. The quantitative estimate of drug-likeness (QED) is 0.614. The van der Waals surface area contributed by atoms with E-state index >= 15 is 0 Å². The van der Waals surface area contributed by atoms with Crippen molar-refractivity contribution in [2.24, 2.45) is 5.92 Å². The number of aryl methyl sites for hydroxylation is 2. The molecule has 0 aromatic heterocycles.